The fourth-order valence-electron chi connectivity index (χ4n) is 2.25. The van der Waals surface area contributed by atoms with Gasteiger partial charge in [-0.05, 0) is 19.9 Å². The van der Waals surface area contributed by atoms with E-state index < -0.39 is 0 Å². The van der Waals surface area contributed by atoms with E-state index >= 15 is 0 Å². The summed E-state index contributed by atoms with van der Waals surface area (Å²) in [6, 6.07) is 2.37. The van der Waals surface area contributed by atoms with Gasteiger partial charge in [0.25, 0.3) is 0 Å². The van der Waals surface area contributed by atoms with Crippen molar-refractivity contribution in [2.45, 2.75) is 26.4 Å². The van der Waals surface area contributed by atoms with Crippen LogP contribution in [0.25, 0.3) is 10.2 Å². The Morgan fingerprint density at radius 3 is 2.95 bits per heavy atom. The first-order valence-electron chi connectivity index (χ1n) is 6.84. The highest BCUT2D eigenvalue weighted by Gasteiger charge is 2.12. The zero-order valence-electron chi connectivity index (χ0n) is 12.3. The standard InChI is InChI=1S/C14H18N6S/c1-9(7-20-5-4-16-8-20)17-12-11-6-10(2)21-13(11)19-14(15-3)18-12/h4-6,8-9H,7H2,1-3H3,(H2,15,17,18,19). The zero-order valence-corrected chi connectivity index (χ0v) is 13.1. The van der Waals surface area contributed by atoms with E-state index in [0.29, 0.717) is 5.95 Å². The van der Waals surface area contributed by atoms with E-state index in [1.54, 1.807) is 17.5 Å². The van der Waals surface area contributed by atoms with Gasteiger partial charge in [-0.15, -0.1) is 11.3 Å². The van der Waals surface area contributed by atoms with Gasteiger partial charge in [0.1, 0.15) is 10.6 Å². The van der Waals surface area contributed by atoms with E-state index in [-0.39, 0.29) is 6.04 Å². The highest BCUT2D eigenvalue weighted by Crippen LogP contribution is 2.29. The van der Waals surface area contributed by atoms with Crippen molar-refractivity contribution >= 4 is 33.3 Å². The van der Waals surface area contributed by atoms with E-state index in [1.807, 2.05) is 24.1 Å². The molecule has 0 aliphatic rings. The number of rotatable bonds is 5. The molecular formula is C14H18N6S. The van der Waals surface area contributed by atoms with E-state index in [1.165, 1.54) is 4.88 Å². The quantitative estimate of drug-likeness (QED) is 0.758. The molecule has 0 aliphatic heterocycles. The van der Waals surface area contributed by atoms with Crippen molar-refractivity contribution in [2.75, 3.05) is 17.7 Å². The van der Waals surface area contributed by atoms with Gasteiger partial charge in [-0.25, -0.2) is 9.97 Å². The maximum absolute atomic E-state index is 4.55. The summed E-state index contributed by atoms with van der Waals surface area (Å²) in [4.78, 5) is 15.4. The van der Waals surface area contributed by atoms with Crippen LogP contribution >= 0.6 is 11.3 Å². The molecule has 7 heteroatoms. The summed E-state index contributed by atoms with van der Waals surface area (Å²) < 4.78 is 2.05. The summed E-state index contributed by atoms with van der Waals surface area (Å²) in [5.74, 6) is 1.52. The van der Waals surface area contributed by atoms with Crippen molar-refractivity contribution in [1.29, 1.82) is 0 Å². The van der Waals surface area contributed by atoms with Gasteiger partial charge in [0.15, 0.2) is 0 Å². The van der Waals surface area contributed by atoms with Gasteiger partial charge in [0.05, 0.1) is 11.7 Å². The second kappa shape index (κ2) is 5.69. The molecule has 110 valence electrons. The van der Waals surface area contributed by atoms with Gasteiger partial charge in [0, 0.05) is 36.9 Å². The third-order valence-electron chi connectivity index (χ3n) is 3.17. The number of anilines is 2. The molecular weight excluding hydrogens is 284 g/mol. The van der Waals surface area contributed by atoms with E-state index in [9.17, 15) is 0 Å². The predicted octanol–water partition coefficient (Wildman–Crippen LogP) is 2.74. The summed E-state index contributed by atoms with van der Waals surface area (Å²) >= 11 is 1.68. The summed E-state index contributed by atoms with van der Waals surface area (Å²) in [5, 5.41) is 7.57. The number of nitrogens with one attached hydrogen (secondary N) is 2. The lowest BCUT2D eigenvalue weighted by Gasteiger charge is -2.16. The lowest BCUT2D eigenvalue weighted by Crippen LogP contribution is -2.22. The number of hydrogen-bond acceptors (Lipinski definition) is 6. The molecule has 21 heavy (non-hydrogen) atoms. The molecule has 3 heterocycles. The highest BCUT2D eigenvalue weighted by molar-refractivity contribution is 7.18. The van der Waals surface area contributed by atoms with E-state index in [0.717, 1.165) is 22.6 Å². The third-order valence-corrected chi connectivity index (χ3v) is 4.11. The minimum absolute atomic E-state index is 0.238. The van der Waals surface area contributed by atoms with E-state index in [4.69, 9.17) is 0 Å². The lowest BCUT2D eigenvalue weighted by molar-refractivity contribution is 0.617. The summed E-state index contributed by atoms with van der Waals surface area (Å²) in [6.45, 7) is 5.06. The number of imidazole rings is 1. The average Bonchev–Trinajstić information content (AvgIpc) is 3.06. The first-order valence-corrected chi connectivity index (χ1v) is 7.65. The molecule has 3 aromatic heterocycles. The Morgan fingerprint density at radius 1 is 1.38 bits per heavy atom. The SMILES string of the molecule is CNc1nc(NC(C)Cn2ccnc2)c2cc(C)sc2n1. The molecule has 2 N–H and O–H groups in total. The van der Waals surface area contributed by atoms with Crippen molar-refractivity contribution in [2.24, 2.45) is 0 Å². The van der Waals surface area contributed by atoms with Gasteiger partial charge < -0.3 is 15.2 Å². The maximum Gasteiger partial charge on any atom is 0.225 e. The van der Waals surface area contributed by atoms with Crippen LogP contribution in [0.5, 0.6) is 0 Å². The second-order valence-corrected chi connectivity index (χ2v) is 6.26. The maximum atomic E-state index is 4.55. The Labute approximate surface area is 127 Å². The highest BCUT2D eigenvalue weighted by atomic mass is 32.1. The van der Waals surface area contributed by atoms with Crippen LogP contribution in [0.2, 0.25) is 0 Å². The number of aryl methyl sites for hydroxylation is 1. The minimum Gasteiger partial charge on any atom is -0.365 e. The number of fused-ring (bicyclic) bond motifs is 1. The monoisotopic (exact) mass is 302 g/mol. The van der Waals surface area contributed by atoms with Crippen LogP contribution in [-0.2, 0) is 6.54 Å². The molecule has 3 aromatic rings. The minimum atomic E-state index is 0.238. The Balaban J connectivity index is 1.88. The smallest absolute Gasteiger partial charge is 0.225 e. The molecule has 0 fully saturated rings. The predicted molar refractivity (Wildman–Crippen MR) is 87.0 cm³/mol. The molecule has 1 atom stereocenters. The Bertz CT molecular complexity index is 733. The normalized spacial score (nSPS) is 12.5. The third kappa shape index (κ3) is 2.97. The largest absolute Gasteiger partial charge is 0.365 e. The number of nitrogens with zero attached hydrogens (tertiary/aromatic N) is 4. The Kier molecular flexibility index (Phi) is 3.74. The molecule has 0 saturated carbocycles. The molecule has 0 radical (unpaired) electrons. The molecule has 0 bridgehead atoms. The van der Waals surface area contributed by atoms with Crippen LogP contribution in [0.1, 0.15) is 11.8 Å². The van der Waals surface area contributed by atoms with Gasteiger partial charge in [-0.3, -0.25) is 0 Å². The summed E-state index contributed by atoms with van der Waals surface area (Å²) in [6.07, 6.45) is 5.57. The number of aromatic nitrogens is 4. The molecule has 1 unspecified atom stereocenters. The first kappa shape index (κ1) is 13.8. The molecule has 6 nitrogen and oxygen atoms in total. The molecule has 0 aliphatic carbocycles. The van der Waals surface area contributed by atoms with Crippen LogP contribution < -0.4 is 10.6 Å². The molecule has 3 rings (SSSR count). The summed E-state index contributed by atoms with van der Waals surface area (Å²) in [5.41, 5.74) is 0. The lowest BCUT2D eigenvalue weighted by atomic mass is 10.3. The van der Waals surface area contributed by atoms with Crippen LogP contribution in [-0.4, -0.2) is 32.6 Å². The van der Waals surface area contributed by atoms with Crippen LogP contribution in [0, 0.1) is 6.92 Å². The fourth-order valence-corrected chi connectivity index (χ4v) is 3.13. The van der Waals surface area contributed by atoms with Gasteiger partial charge in [0.2, 0.25) is 5.95 Å². The Hall–Kier alpha value is -2.15. The topological polar surface area (TPSA) is 67.7 Å². The number of thiophene rings is 1. The second-order valence-electron chi connectivity index (χ2n) is 5.03. The zero-order chi connectivity index (χ0) is 14.8. The van der Waals surface area contributed by atoms with Crippen molar-refractivity contribution in [1.82, 2.24) is 19.5 Å². The average molecular weight is 302 g/mol. The van der Waals surface area contributed by atoms with Crippen LogP contribution in [0.4, 0.5) is 11.8 Å². The van der Waals surface area contributed by atoms with Crippen LogP contribution in [0.15, 0.2) is 24.8 Å². The van der Waals surface area contributed by atoms with Crippen LogP contribution in [0.3, 0.4) is 0 Å². The number of hydrogen-bond donors (Lipinski definition) is 2. The first-order chi connectivity index (χ1) is 10.2. The van der Waals surface area contributed by atoms with Crippen molar-refractivity contribution < 1.29 is 0 Å². The van der Waals surface area contributed by atoms with Crippen molar-refractivity contribution in [3.63, 3.8) is 0 Å². The van der Waals surface area contributed by atoms with Gasteiger partial charge in [-0.1, -0.05) is 0 Å². The Morgan fingerprint density at radius 2 is 2.24 bits per heavy atom. The van der Waals surface area contributed by atoms with Crippen molar-refractivity contribution in [3.8, 4) is 0 Å². The van der Waals surface area contributed by atoms with Gasteiger partial charge >= 0.3 is 0 Å². The summed E-state index contributed by atoms with van der Waals surface area (Å²) in [7, 11) is 1.83. The van der Waals surface area contributed by atoms with Gasteiger partial charge in [-0.2, -0.15) is 4.98 Å². The molecule has 0 aromatic carbocycles. The fraction of sp³-hybridized carbons (Fsp3) is 0.357. The molecule has 0 spiro atoms. The van der Waals surface area contributed by atoms with E-state index in [2.05, 4.69) is 45.5 Å². The molecule has 0 amide bonds. The molecule has 0 saturated heterocycles. The van der Waals surface area contributed by atoms with Crippen molar-refractivity contribution in [3.05, 3.63) is 29.7 Å².